The number of aromatic nitrogens is 4. The summed E-state index contributed by atoms with van der Waals surface area (Å²) in [5, 5.41) is 11.4. The van der Waals surface area contributed by atoms with Gasteiger partial charge >= 0.3 is 0 Å². The lowest BCUT2D eigenvalue weighted by Gasteiger charge is -2.06. The monoisotopic (exact) mass is 225 g/mol. The minimum absolute atomic E-state index is 0.693. The first-order valence-corrected chi connectivity index (χ1v) is 5.33. The van der Waals surface area contributed by atoms with E-state index in [1.165, 1.54) is 6.33 Å². The van der Waals surface area contributed by atoms with E-state index in [-0.39, 0.29) is 0 Å². The van der Waals surface area contributed by atoms with Crippen molar-refractivity contribution < 1.29 is 0 Å². The summed E-state index contributed by atoms with van der Waals surface area (Å²) in [5.41, 5.74) is 3.09. The van der Waals surface area contributed by atoms with Gasteiger partial charge in [0.2, 0.25) is 0 Å². The summed E-state index contributed by atoms with van der Waals surface area (Å²) < 4.78 is 0. The van der Waals surface area contributed by atoms with Crippen molar-refractivity contribution in [2.75, 3.05) is 5.32 Å². The third kappa shape index (κ3) is 1.94. The minimum Gasteiger partial charge on any atom is -0.379 e. The van der Waals surface area contributed by atoms with Crippen molar-refractivity contribution in [2.24, 2.45) is 0 Å². The highest BCUT2D eigenvalue weighted by Gasteiger charge is 2.01. The first kappa shape index (κ1) is 9.77. The molecule has 0 atom stereocenters. The first-order valence-electron chi connectivity index (χ1n) is 5.33. The molecule has 0 amide bonds. The average Bonchev–Trinajstić information content (AvgIpc) is 2.86. The molecule has 17 heavy (non-hydrogen) atoms. The summed E-state index contributed by atoms with van der Waals surface area (Å²) in [7, 11) is 0. The zero-order valence-corrected chi connectivity index (χ0v) is 9.09. The number of para-hydroxylation sites is 1. The van der Waals surface area contributed by atoms with Crippen molar-refractivity contribution in [1.29, 1.82) is 0 Å². The fourth-order valence-electron chi connectivity index (χ4n) is 1.73. The number of hydrogen-bond acceptors (Lipinski definition) is 4. The van der Waals surface area contributed by atoms with Gasteiger partial charge < -0.3 is 5.32 Å². The van der Waals surface area contributed by atoms with E-state index in [9.17, 15) is 0 Å². The third-order valence-corrected chi connectivity index (χ3v) is 2.57. The van der Waals surface area contributed by atoms with Crippen molar-refractivity contribution in [3.05, 3.63) is 48.7 Å². The molecular formula is C12H11N5. The van der Waals surface area contributed by atoms with Crippen LogP contribution < -0.4 is 5.32 Å². The molecule has 0 bridgehead atoms. The Morgan fingerprint density at radius 3 is 2.88 bits per heavy atom. The number of anilines is 1. The quantitative estimate of drug-likeness (QED) is 0.715. The standard InChI is InChI=1S/C12H11N5/c1-2-10-7-16-17-12(10)11(3-1)15-6-9-4-13-8-14-5-9/h1-5,7-8,15H,6H2,(H,16,17). The molecule has 0 spiro atoms. The van der Waals surface area contributed by atoms with Crippen LogP contribution in [0.4, 0.5) is 5.69 Å². The predicted octanol–water partition coefficient (Wildman–Crippen LogP) is 1.96. The van der Waals surface area contributed by atoms with Crippen LogP contribution in [-0.4, -0.2) is 20.2 Å². The van der Waals surface area contributed by atoms with Crippen molar-refractivity contribution in [2.45, 2.75) is 6.54 Å². The lowest BCUT2D eigenvalue weighted by Crippen LogP contribution is -2.00. The predicted molar refractivity (Wildman–Crippen MR) is 65.5 cm³/mol. The van der Waals surface area contributed by atoms with E-state index in [4.69, 9.17) is 0 Å². The van der Waals surface area contributed by atoms with Gasteiger partial charge in [0.05, 0.1) is 17.4 Å². The van der Waals surface area contributed by atoms with Crippen molar-refractivity contribution >= 4 is 16.6 Å². The van der Waals surface area contributed by atoms with Gasteiger partial charge in [-0.1, -0.05) is 12.1 Å². The SMILES string of the molecule is c1cc(NCc2cncnc2)c2[nH]ncc2c1. The number of nitrogens with one attached hydrogen (secondary N) is 2. The van der Waals surface area contributed by atoms with Crippen molar-refractivity contribution in [3.8, 4) is 0 Å². The van der Waals surface area contributed by atoms with Crippen LogP contribution in [0.25, 0.3) is 10.9 Å². The zero-order chi connectivity index (χ0) is 11.5. The largest absolute Gasteiger partial charge is 0.379 e. The normalized spacial score (nSPS) is 10.6. The molecule has 1 aromatic carbocycles. The van der Waals surface area contributed by atoms with Crippen molar-refractivity contribution in [1.82, 2.24) is 20.2 Å². The second-order valence-corrected chi connectivity index (χ2v) is 3.74. The lowest BCUT2D eigenvalue weighted by atomic mass is 10.2. The molecule has 0 saturated carbocycles. The number of H-pyrrole nitrogens is 1. The molecule has 2 aromatic heterocycles. The van der Waals surface area contributed by atoms with Crippen LogP contribution in [-0.2, 0) is 6.54 Å². The Morgan fingerprint density at radius 1 is 1.12 bits per heavy atom. The second-order valence-electron chi connectivity index (χ2n) is 3.74. The molecule has 0 radical (unpaired) electrons. The smallest absolute Gasteiger partial charge is 0.115 e. The molecule has 0 aliphatic rings. The van der Waals surface area contributed by atoms with E-state index >= 15 is 0 Å². The highest BCUT2D eigenvalue weighted by molar-refractivity contribution is 5.89. The molecule has 2 N–H and O–H groups in total. The molecule has 3 rings (SSSR count). The summed E-state index contributed by atoms with van der Waals surface area (Å²) in [6, 6.07) is 6.04. The molecule has 84 valence electrons. The molecule has 3 aromatic rings. The molecule has 5 nitrogen and oxygen atoms in total. The zero-order valence-electron chi connectivity index (χ0n) is 9.09. The van der Waals surface area contributed by atoms with Crippen LogP contribution in [0.2, 0.25) is 0 Å². The maximum Gasteiger partial charge on any atom is 0.115 e. The van der Waals surface area contributed by atoms with Crippen LogP contribution in [0, 0.1) is 0 Å². The second kappa shape index (κ2) is 4.21. The molecule has 0 aliphatic heterocycles. The fourth-order valence-corrected chi connectivity index (χ4v) is 1.73. The Labute approximate surface area is 97.9 Å². The van der Waals surface area contributed by atoms with Gasteiger partial charge in [-0.15, -0.1) is 0 Å². The Kier molecular flexibility index (Phi) is 2.42. The van der Waals surface area contributed by atoms with Crippen molar-refractivity contribution in [3.63, 3.8) is 0 Å². The summed E-state index contributed by atoms with van der Waals surface area (Å²) in [6.45, 7) is 0.693. The van der Waals surface area contributed by atoms with E-state index in [2.05, 4.69) is 25.5 Å². The molecule has 2 heterocycles. The fraction of sp³-hybridized carbons (Fsp3) is 0.0833. The van der Waals surface area contributed by atoms with E-state index in [1.54, 1.807) is 12.4 Å². The van der Waals surface area contributed by atoms with Crippen LogP contribution in [0.1, 0.15) is 5.56 Å². The third-order valence-electron chi connectivity index (χ3n) is 2.57. The Hall–Kier alpha value is -2.43. The Morgan fingerprint density at radius 2 is 2.00 bits per heavy atom. The van der Waals surface area contributed by atoms with Gasteiger partial charge in [-0.25, -0.2) is 9.97 Å². The first-order chi connectivity index (χ1) is 8.43. The maximum absolute atomic E-state index is 4.03. The van der Waals surface area contributed by atoms with Gasteiger partial charge in [-0.2, -0.15) is 5.10 Å². The van der Waals surface area contributed by atoms with Crippen LogP contribution in [0.5, 0.6) is 0 Å². The van der Waals surface area contributed by atoms with Crippen LogP contribution in [0.3, 0.4) is 0 Å². The highest BCUT2D eigenvalue weighted by atomic mass is 15.1. The van der Waals surface area contributed by atoms with Gasteiger partial charge in [0.25, 0.3) is 0 Å². The Balaban J connectivity index is 1.84. The summed E-state index contributed by atoms with van der Waals surface area (Å²) in [6.07, 6.45) is 6.94. The molecule has 0 fully saturated rings. The Bertz CT molecular complexity index is 617. The number of aromatic amines is 1. The van der Waals surface area contributed by atoms with E-state index in [0.29, 0.717) is 6.54 Å². The van der Waals surface area contributed by atoms with Gasteiger partial charge in [0.15, 0.2) is 0 Å². The van der Waals surface area contributed by atoms with E-state index < -0.39 is 0 Å². The summed E-state index contributed by atoms with van der Waals surface area (Å²) >= 11 is 0. The molecule has 0 aliphatic carbocycles. The number of hydrogen-bond donors (Lipinski definition) is 2. The molecule has 0 saturated heterocycles. The van der Waals surface area contributed by atoms with Crippen LogP contribution in [0.15, 0.2) is 43.1 Å². The van der Waals surface area contributed by atoms with E-state index in [0.717, 1.165) is 22.2 Å². The van der Waals surface area contributed by atoms with Gasteiger partial charge in [-0.3, -0.25) is 5.10 Å². The number of nitrogens with zero attached hydrogens (tertiary/aromatic N) is 3. The molecule has 5 heteroatoms. The number of rotatable bonds is 3. The molecular weight excluding hydrogens is 214 g/mol. The summed E-state index contributed by atoms with van der Waals surface area (Å²) in [4.78, 5) is 7.96. The minimum atomic E-state index is 0.693. The average molecular weight is 225 g/mol. The number of fused-ring (bicyclic) bond motifs is 1. The van der Waals surface area contributed by atoms with Crippen LogP contribution >= 0.6 is 0 Å². The maximum atomic E-state index is 4.03. The molecule has 0 unspecified atom stereocenters. The van der Waals surface area contributed by atoms with Gasteiger partial charge in [0.1, 0.15) is 6.33 Å². The highest BCUT2D eigenvalue weighted by Crippen LogP contribution is 2.20. The summed E-state index contributed by atoms with van der Waals surface area (Å²) in [5.74, 6) is 0. The van der Waals surface area contributed by atoms with Gasteiger partial charge in [-0.05, 0) is 6.07 Å². The van der Waals surface area contributed by atoms with Gasteiger partial charge in [0, 0.05) is 29.9 Å². The lowest BCUT2D eigenvalue weighted by molar-refractivity contribution is 1.05. The topological polar surface area (TPSA) is 66.5 Å². The number of benzene rings is 1. The van der Waals surface area contributed by atoms with E-state index in [1.807, 2.05) is 24.4 Å².